The summed E-state index contributed by atoms with van der Waals surface area (Å²) in [6.45, 7) is 4.59. The Kier molecular flexibility index (Phi) is 8.18. The number of hydrogen-bond acceptors (Lipinski definition) is 4. The van der Waals surface area contributed by atoms with Gasteiger partial charge in [0.2, 0.25) is 5.91 Å². The van der Waals surface area contributed by atoms with E-state index < -0.39 is 17.6 Å². The van der Waals surface area contributed by atoms with Crippen LogP contribution in [0.3, 0.4) is 0 Å². The smallest absolute Gasteiger partial charge is 0.416 e. The van der Waals surface area contributed by atoms with Crippen LogP contribution in [-0.2, 0) is 22.3 Å². The standard InChI is InChI=1S/C24H29F3N2O4/c1-3-17(2)29(23(31)18-7-4-8-19(13-18)24(25,26)27)16-22(30)28(14-20-9-5-11-32-20)15-21-10-6-12-33-21/h4-5,7-9,11,13,17,21H,3,6,10,12,14-16H2,1-2H3. The fourth-order valence-corrected chi connectivity index (χ4v) is 3.77. The third-order valence-corrected chi connectivity index (χ3v) is 5.85. The van der Waals surface area contributed by atoms with E-state index >= 15 is 0 Å². The van der Waals surface area contributed by atoms with Crippen LogP contribution in [0, 0.1) is 0 Å². The molecule has 1 aromatic carbocycles. The van der Waals surface area contributed by atoms with Gasteiger partial charge in [-0.3, -0.25) is 9.59 Å². The SMILES string of the molecule is CCC(C)N(CC(=O)N(Cc1ccco1)CC1CCCO1)C(=O)c1cccc(C(F)(F)F)c1. The monoisotopic (exact) mass is 466 g/mol. The van der Waals surface area contributed by atoms with E-state index in [0.717, 1.165) is 25.0 Å². The third-order valence-electron chi connectivity index (χ3n) is 5.85. The van der Waals surface area contributed by atoms with Crippen LogP contribution in [0.25, 0.3) is 0 Å². The minimum Gasteiger partial charge on any atom is -0.467 e. The number of hydrogen-bond donors (Lipinski definition) is 0. The first-order chi connectivity index (χ1) is 15.7. The van der Waals surface area contributed by atoms with Gasteiger partial charge < -0.3 is 19.0 Å². The highest BCUT2D eigenvalue weighted by Gasteiger charge is 2.33. The van der Waals surface area contributed by atoms with Crippen molar-refractivity contribution in [3.63, 3.8) is 0 Å². The Labute approximate surface area is 191 Å². The highest BCUT2D eigenvalue weighted by atomic mass is 19.4. The van der Waals surface area contributed by atoms with E-state index in [1.165, 1.54) is 23.3 Å². The van der Waals surface area contributed by atoms with Crippen molar-refractivity contribution in [2.45, 2.75) is 58.0 Å². The molecule has 1 aliphatic rings. The van der Waals surface area contributed by atoms with Crippen LogP contribution in [-0.4, -0.2) is 53.5 Å². The Morgan fingerprint density at radius 2 is 2.00 bits per heavy atom. The summed E-state index contributed by atoms with van der Waals surface area (Å²) in [7, 11) is 0. The Morgan fingerprint density at radius 3 is 2.61 bits per heavy atom. The molecule has 2 heterocycles. The van der Waals surface area contributed by atoms with Crippen LogP contribution in [0.2, 0.25) is 0 Å². The zero-order valence-electron chi connectivity index (χ0n) is 18.8. The second-order valence-electron chi connectivity index (χ2n) is 8.26. The highest BCUT2D eigenvalue weighted by Crippen LogP contribution is 2.30. The molecule has 33 heavy (non-hydrogen) atoms. The Hall–Kier alpha value is -2.81. The number of nitrogens with zero attached hydrogens (tertiary/aromatic N) is 2. The zero-order valence-corrected chi connectivity index (χ0v) is 18.8. The van der Waals surface area contributed by atoms with E-state index in [0.29, 0.717) is 25.3 Å². The molecule has 180 valence electrons. The predicted molar refractivity (Wildman–Crippen MR) is 115 cm³/mol. The number of alkyl halides is 3. The molecule has 0 spiro atoms. The Balaban J connectivity index is 1.80. The molecular formula is C24H29F3N2O4. The maximum Gasteiger partial charge on any atom is 0.416 e. The first-order valence-corrected chi connectivity index (χ1v) is 11.1. The molecule has 0 bridgehead atoms. The molecule has 1 aliphatic heterocycles. The maximum atomic E-state index is 13.3. The summed E-state index contributed by atoms with van der Waals surface area (Å²) in [6, 6.07) is 7.43. The Morgan fingerprint density at radius 1 is 1.21 bits per heavy atom. The average Bonchev–Trinajstić information content (AvgIpc) is 3.50. The van der Waals surface area contributed by atoms with Crippen LogP contribution in [0.5, 0.6) is 0 Å². The maximum absolute atomic E-state index is 13.3. The quantitative estimate of drug-likeness (QED) is 0.535. The van der Waals surface area contributed by atoms with Crippen molar-refractivity contribution < 1.29 is 31.9 Å². The van der Waals surface area contributed by atoms with E-state index in [9.17, 15) is 22.8 Å². The van der Waals surface area contributed by atoms with Crippen molar-refractivity contribution in [2.75, 3.05) is 19.7 Å². The number of amides is 2. The summed E-state index contributed by atoms with van der Waals surface area (Å²) >= 11 is 0. The fraction of sp³-hybridized carbons (Fsp3) is 0.500. The van der Waals surface area contributed by atoms with E-state index in [1.54, 1.807) is 24.0 Å². The van der Waals surface area contributed by atoms with Crippen molar-refractivity contribution in [1.29, 1.82) is 0 Å². The lowest BCUT2D eigenvalue weighted by Gasteiger charge is -2.32. The van der Waals surface area contributed by atoms with Crippen molar-refractivity contribution in [3.05, 3.63) is 59.5 Å². The lowest BCUT2D eigenvalue weighted by molar-refractivity contribution is -0.137. The number of halogens is 3. The predicted octanol–water partition coefficient (Wildman–Crippen LogP) is 4.75. The zero-order chi connectivity index (χ0) is 24.0. The van der Waals surface area contributed by atoms with Gasteiger partial charge in [-0.05, 0) is 56.5 Å². The summed E-state index contributed by atoms with van der Waals surface area (Å²) in [6.07, 6.45) is -0.843. The van der Waals surface area contributed by atoms with Crippen molar-refractivity contribution >= 4 is 11.8 Å². The lowest BCUT2D eigenvalue weighted by atomic mass is 10.1. The highest BCUT2D eigenvalue weighted by molar-refractivity contribution is 5.97. The second kappa shape index (κ2) is 10.9. The first-order valence-electron chi connectivity index (χ1n) is 11.1. The molecule has 2 amide bonds. The van der Waals surface area contributed by atoms with Gasteiger partial charge in [0.15, 0.2) is 0 Å². The summed E-state index contributed by atoms with van der Waals surface area (Å²) in [5.74, 6) is -0.331. The molecule has 2 aromatic rings. The summed E-state index contributed by atoms with van der Waals surface area (Å²) in [4.78, 5) is 29.4. The van der Waals surface area contributed by atoms with Gasteiger partial charge >= 0.3 is 6.18 Å². The largest absolute Gasteiger partial charge is 0.467 e. The topological polar surface area (TPSA) is 63.0 Å². The molecule has 2 atom stereocenters. The van der Waals surface area contributed by atoms with Crippen LogP contribution in [0.4, 0.5) is 13.2 Å². The van der Waals surface area contributed by atoms with E-state index in [2.05, 4.69) is 0 Å². The van der Waals surface area contributed by atoms with Crippen molar-refractivity contribution in [1.82, 2.24) is 9.80 Å². The van der Waals surface area contributed by atoms with E-state index in [4.69, 9.17) is 9.15 Å². The van der Waals surface area contributed by atoms with Gasteiger partial charge in [-0.1, -0.05) is 13.0 Å². The molecule has 9 heteroatoms. The number of rotatable bonds is 9. The third kappa shape index (κ3) is 6.60. The summed E-state index contributed by atoms with van der Waals surface area (Å²) in [5.41, 5.74) is -1.00. The molecule has 0 aliphatic carbocycles. The minimum absolute atomic E-state index is 0.0971. The molecular weight excluding hydrogens is 437 g/mol. The molecule has 0 N–H and O–H groups in total. The van der Waals surface area contributed by atoms with Crippen LogP contribution in [0.1, 0.15) is 54.8 Å². The summed E-state index contributed by atoms with van der Waals surface area (Å²) in [5, 5.41) is 0. The number of furan rings is 1. The summed E-state index contributed by atoms with van der Waals surface area (Å²) < 4.78 is 50.5. The first kappa shape index (κ1) is 24.8. The molecule has 0 saturated carbocycles. The number of carbonyl (C=O) groups is 2. The van der Waals surface area contributed by atoms with Gasteiger partial charge in [-0.2, -0.15) is 13.2 Å². The second-order valence-corrected chi connectivity index (χ2v) is 8.26. The fourth-order valence-electron chi connectivity index (χ4n) is 3.77. The minimum atomic E-state index is -4.56. The van der Waals surface area contributed by atoms with Gasteiger partial charge in [-0.25, -0.2) is 0 Å². The van der Waals surface area contributed by atoms with Crippen molar-refractivity contribution in [3.8, 4) is 0 Å². The molecule has 6 nitrogen and oxygen atoms in total. The molecule has 2 unspecified atom stereocenters. The molecule has 1 aromatic heterocycles. The lowest BCUT2D eigenvalue weighted by Crippen LogP contribution is -2.47. The van der Waals surface area contributed by atoms with Gasteiger partial charge in [-0.15, -0.1) is 0 Å². The van der Waals surface area contributed by atoms with Gasteiger partial charge in [0, 0.05) is 24.8 Å². The average molecular weight is 467 g/mol. The Bertz CT molecular complexity index is 924. The molecule has 0 radical (unpaired) electrons. The van der Waals surface area contributed by atoms with Gasteiger partial charge in [0.05, 0.1) is 24.5 Å². The van der Waals surface area contributed by atoms with Crippen LogP contribution >= 0.6 is 0 Å². The van der Waals surface area contributed by atoms with Crippen molar-refractivity contribution in [2.24, 2.45) is 0 Å². The molecule has 1 fully saturated rings. The van der Waals surface area contributed by atoms with Crippen LogP contribution in [0.15, 0.2) is 47.1 Å². The van der Waals surface area contributed by atoms with E-state index in [1.807, 2.05) is 6.92 Å². The van der Waals surface area contributed by atoms with Gasteiger partial charge in [0.25, 0.3) is 5.91 Å². The van der Waals surface area contributed by atoms with E-state index in [-0.39, 0.29) is 36.7 Å². The normalized spacial score (nSPS) is 17.1. The van der Waals surface area contributed by atoms with Gasteiger partial charge in [0.1, 0.15) is 12.3 Å². The molecule has 3 rings (SSSR count). The molecule has 1 saturated heterocycles. The number of carbonyl (C=O) groups excluding carboxylic acids is 2. The number of benzene rings is 1. The number of ether oxygens (including phenoxy) is 1. The van der Waals surface area contributed by atoms with Crippen LogP contribution < -0.4 is 0 Å².